The predicted molar refractivity (Wildman–Crippen MR) is 32.4 cm³/mol. The maximum Gasteiger partial charge on any atom is 0.271 e. The van der Waals surface area contributed by atoms with E-state index >= 15 is 0 Å². The van der Waals surface area contributed by atoms with Gasteiger partial charge in [-0.15, -0.1) is 0 Å². The lowest BCUT2D eigenvalue weighted by Gasteiger charge is -2.11. The van der Waals surface area contributed by atoms with Crippen molar-refractivity contribution in [1.82, 2.24) is 0 Å². The van der Waals surface area contributed by atoms with Crippen LogP contribution in [-0.4, -0.2) is 5.92 Å². The molecule has 3 heteroatoms. The molecule has 52 valence electrons. The highest BCUT2D eigenvalue weighted by Gasteiger charge is 2.26. The molecule has 1 aliphatic carbocycles. The fourth-order valence-electron chi connectivity index (χ4n) is 0.747. The van der Waals surface area contributed by atoms with Crippen LogP contribution in [0.4, 0.5) is 8.78 Å². The molecule has 0 aromatic carbocycles. The zero-order chi connectivity index (χ0) is 7.61. The van der Waals surface area contributed by atoms with Crippen molar-refractivity contribution in [2.75, 3.05) is 0 Å². The molecule has 0 saturated heterocycles. The normalized spacial score (nSPS) is 21.5. The van der Waals surface area contributed by atoms with Gasteiger partial charge >= 0.3 is 0 Å². The Kier molecular flexibility index (Phi) is 1.54. The van der Waals surface area contributed by atoms with Crippen molar-refractivity contribution in [2.24, 2.45) is 0 Å². The van der Waals surface area contributed by atoms with Crippen LogP contribution in [0.5, 0.6) is 0 Å². The summed E-state index contributed by atoms with van der Waals surface area (Å²) in [7, 11) is 0. The largest absolute Gasteiger partial charge is 0.271 e. The first-order valence-corrected chi connectivity index (χ1v) is 2.81. The van der Waals surface area contributed by atoms with E-state index < -0.39 is 5.92 Å². The third kappa shape index (κ3) is 1.41. The van der Waals surface area contributed by atoms with E-state index in [9.17, 15) is 8.78 Å². The second-order valence-corrected chi connectivity index (χ2v) is 2.08. The van der Waals surface area contributed by atoms with Crippen molar-refractivity contribution in [3.8, 4) is 6.07 Å². The molecule has 0 N–H and O–H groups in total. The van der Waals surface area contributed by atoms with E-state index in [-0.39, 0.29) is 12.0 Å². The third-order valence-corrected chi connectivity index (χ3v) is 1.18. The maximum absolute atomic E-state index is 12.4. The molecule has 0 amide bonds. The van der Waals surface area contributed by atoms with E-state index in [1.165, 1.54) is 12.2 Å². The molecule has 0 aromatic heterocycles. The Morgan fingerprint density at radius 1 is 1.60 bits per heavy atom. The van der Waals surface area contributed by atoms with Crippen molar-refractivity contribution in [3.63, 3.8) is 0 Å². The maximum atomic E-state index is 12.4. The standard InChI is InChI=1S/C7H5F2N/c8-7(9)3-1-2-6(4-7)5-10/h1-2,4H,3H2. The minimum atomic E-state index is -2.82. The first kappa shape index (κ1) is 6.94. The Morgan fingerprint density at radius 2 is 2.30 bits per heavy atom. The Morgan fingerprint density at radius 3 is 2.70 bits per heavy atom. The number of allylic oxidation sites excluding steroid dienone is 4. The van der Waals surface area contributed by atoms with E-state index in [4.69, 9.17) is 5.26 Å². The van der Waals surface area contributed by atoms with Gasteiger partial charge in [-0.2, -0.15) is 5.26 Å². The monoisotopic (exact) mass is 141 g/mol. The van der Waals surface area contributed by atoms with Gasteiger partial charge in [0.25, 0.3) is 5.92 Å². The Labute approximate surface area is 57.3 Å². The fourth-order valence-corrected chi connectivity index (χ4v) is 0.747. The highest BCUT2D eigenvalue weighted by molar-refractivity contribution is 5.37. The average Bonchev–Trinajstić information content (AvgIpc) is 1.86. The van der Waals surface area contributed by atoms with Gasteiger partial charge in [0, 0.05) is 12.5 Å². The van der Waals surface area contributed by atoms with Gasteiger partial charge in [0.15, 0.2) is 0 Å². The van der Waals surface area contributed by atoms with Crippen LogP contribution in [0.1, 0.15) is 6.42 Å². The van der Waals surface area contributed by atoms with E-state index in [0.29, 0.717) is 6.08 Å². The zero-order valence-corrected chi connectivity index (χ0v) is 5.14. The third-order valence-electron chi connectivity index (χ3n) is 1.18. The summed E-state index contributed by atoms with van der Waals surface area (Å²) in [5.41, 5.74) is 0.0382. The van der Waals surface area contributed by atoms with Crippen LogP contribution in [0.15, 0.2) is 23.8 Å². The van der Waals surface area contributed by atoms with Gasteiger partial charge in [-0.25, -0.2) is 8.78 Å². The molecule has 10 heavy (non-hydrogen) atoms. The van der Waals surface area contributed by atoms with Crippen LogP contribution < -0.4 is 0 Å². The summed E-state index contributed by atoms with van der Waals surface area (Å²) in [5.74, 6) is -2.82. The van der Waals surface area contributed by atoms with Crippen LogP contribution in [0, 0.1) is 11.3 Å². The number of alkyl halides is 2. The zero-order valence-electron chi connectivity index (χ0n) is 5.14. The molecule has 0 fully saturated rings. The van der Waals surface area contributed by atoms with Crippen molar-refractivity contribution in [1.29, 1.82) is 5.26 Å². The van der Waals surface area contributed by atoms with Gasteiger partial charge in [0.05, 0.1) is 11.6 Å². The SMILES string of the molecule is N#CC1=CC(F)(F)CC=C1. The van der Waals surface area contributed by atoms with Crippen LogP contribution >= 0.6 is 0 Å². The summed E-state index contributed by atoms with van der Waals surface area (Å²) in [6, 6.07) is 1.65. The lowest BCUT2D eigenvalue weighted by Crippen LogP contribution is -2.13. The minimum Gasteiger partial charge on any atom is -0.202 e. The summed E-state index contributed by atoms with van der Waals surface area (Å²) >= 11 is 0. The molecular weight excluding hydrogens is 136 g/mol. The molecule has 0 bridgehead atoms. The lowest BCUT2D eigenvalue weighted by atomic mass is 10.1. The lowest BCUT2D eigenvalue weighted by molar-refractivity contribution is 0.0570. The highest BCUT2D eigenvalue weighted by atomic mass is 19.3. The van der Waals surface area contributed by atoms with Crippen LogP contribution in [0.2, 0.25) is 0 Å². The molecule has 1 nitrogen and oxygen atoms in total. The van der Waals surface area contributed by atoms with Crippen molar-refractivity contribution in [2.45, 2.75) is 12.3 Å². The average molecular weight is 141 g/mol. The van der Waals surface area contributed by atoms with Gasteiger partial charge in [-0.1, -0.05) is 6.08 Å². The smallest absolute Gasteiger partial charge is 0.202 e. The fraction of sp³-hybridized carbons (Fsp3) is 0.286. The molecule has 0 atom stereocenters. The summed E-state index contributed by atoms with van der Waals surface area (Å²) < 4.78 is 24.7. The minimum absolute atomic E-state index is 0.0382. The van der Waals surface area contributed by atoms with Gasteiger partial charge < -0.3 is 0 Å². The number of halogens is 2. The molecule has 0 spiro atoms. The molecule has 0 unspecified atom stereocenters. The number of nitrogens with zero attached hydrogens (tertiary/aromatic N) is 1. The number of rotatable bonds is 0. The van der Waals surface area contributed by atoms with Crippen molar-refractivity contribution >= 4 is 0 Å². The summed E-state index contributed by atoms with van der Waals surface area (Å²) in [5, 5.41) is 8.22. The number of hydrogen-bond donors (Lipinski definition) is 0. The second kappa shape index (κ2) is 2.22. The van der Waals surface area contributed by atoms with Crippen LogP contribution in [0.3, 0.4) is 0 Å². The molecule has 0 aliphatic heterocycles. The molecule has 1 aliphatic rings. The van der Waals surface area contributed by atoms with Gasteiger partial charge in [0.2, 0.25) is 0 Å². The van der Waals surface area contributed by atoms with Crippen molar-refractivity contribution in [3.05, 3.63) is 23.8 Å². The van der Waals surface area contributed by atoms with Crippen LogP contribution in [-0.2, 0) is 0 Å². The van der Waals surface area contributed by atoms with Gasteiger partial charge in [0.1, 0.15) is 0 Å². The Balaban J connectivity index is 2.88. The molecule has 0 heterocycles. The Hall–Kier alpha value is -1.17. The van der Waals surface area contributed by atoms with Crippen molar-refractivity contribution < 1.29 is 8.78 Å². The number of nitriles is 1. The first-order chi connectivity index (χ1) is 4.64. The molecule has 1 rings (SSSR count). The van der Waals surface area contributed by atoms with E-state index in [1.54, 1.807) is 6.07 Å². The summed E-state index contributed by atoms with van der Waals surface area (Å²) in [6.07, 6.45) is 3.10. The number of hydrogen-bond acceptors (Lipinski definition) is 1. The summed E-state index contributed by atoms with van der Waals surface area (Å²) in [4.78, 5) is 0. The molecule has 0 radical (unpaired) electrons. The second-order valence-electron chi connectivity index (χ2n) is 2.08. The molecule has 0 saturated carbocycles. The highest BCUT2D eigenvalue weighted by Crippen LogP contribution is 2.26. The van der Waals surface area contributed by atoms with Gasteiger partial charge in [-0.3, -0.25) is 0 Å². The van der Waals surface area contributed by atoms with E-state index in [0.717, 1.165) is 0 Å². The quantitative estimate of drug-likeness (QED) is 0.506. The van der Waals surface area contributed by atoms with E-state index in [2.05, 4.69) is 0 Å². The molecule has 0 aromatic rings. The van der Waals surface area contributed by atoms with Crippen LogP contribution in [0.25, 0.3) is 0 Å². The van der Waals surface area contributed by atoms with E-state index in [1.807, 2.05) is 0 Å². The Bertz CT molecular complexity index is 232. The summed E-state index contributed by atoms with van der Waals surface area (Å²) in [6.45, 7) is 0. The van der Waals surface area contributed by atoms with Gasteiger partial charge in [-0.05, 0) is 6.08 Å². The first-order valence-electron chi connectivity index (χ1n) is 2.81. The molecular formula is C7H5F2N. The predicted octanol–water partition coefficient (Wildman–Crippen LogP) is 2.03. The topological polar surface area (TPSA) is 23.8 Å².